The van der Waals surface area contributed by atoms with Crippen LogP contribution in [0, 0.1) is 10.8 Å². The maximum absolute atomic E-state index is 11.6. The van der Waals surface area contributed by atoms with Crippen molar-refractivity contribution in [2.75, 3.05) is 6.61 Å². The standard InChI is InChI=1S/C13H25NO3/c1-9(15)10(13(5,6)7)14-11(16)17-8-12(2,3)4/h10H,8H2,1-7H3,(H,14,16)/t10-/m1/s1. The molecule has 4 heteroatoms. The molecule has 4 nitrogen and oxygen atoms in total. The Morgan fingerprint density at radius 2 is 1.59 bits per heavy atom. The fourth-order valence-electron chi connectivity index (χ4n) is 1.37. The maximum Gasteiger partial charge on any atom is 0.407 e. The summed E-state index contributed by atoms with van der Waals surface area (Å²) < 4.78 is 5.08. The lowest BCUT2D eigenvalue weighted by molar-refractivity contribution is -0.121. The van der Waals surface area contributed by atoms with E-state index in [-0.39, 0.29) is 16.6 Å². The van der Waals surface area contributed by atoms with Crippen molar-refractivity contribution in [1.29, 1.82) is 0 Å². The van der Waals surface area contributed by atoms with Crippen LogP contribution in [0.1, 0.15) is 48.5 Å². The number of ketones is 1. The number of nitrogens with one attached hydrogen (secondary N) is 1. The lowest BCUT2D eigenvalue weighted by Gasteiger charge is -2.29. The Kier molecular flexibility index (Phi) is 5.17. The van der Waals surface area contributed by atoms with Crippen molar-refractivity contribution in [2.24, 2.45) is 10.8 Å². The molecule has 0 fully saturated rings. The van der Waals surface area contributed by atoms with Gasteiger partial charge in [0.1, 0.15) is 0 Å². The molecule has 0 saturated heterocycles. The SMILES string of the molecule is CC(=O)[C@@H](NC(=O)OCC(C)(C)C)C(C)(C)C. The van der Waals surface area contributed by atoms with Gasteiger partial charge in [0.25, 0.3) is 0 Å². The quantitative estimate of drug-likeness (QED) is 0.829. The summed E-state index contributed by atoms with van der Waals surface area (Å²) in [6, 6.07) is -0.519. The molecule has 0 radical (unpaired) electrons. The van der Waals surface area contributed by atoms with Gasteiger partial charge in [0.05, 0.1) is 12.6 Å². The van der Waals surface area contributed by atoms with Gasteiger partial charge in [-0.3, -0.25) is 4.79 Å². The van der Waals surface area contributed by atoms with Gasteiger partial charge in [-0.15, -0.1) is 0 Å². The van der Waals surface area contributed by atoms with E-state index in [4.69, 9.17) is 4.74 Å². The molecular formula is C13H25NO3. The molecule has 0 aromatic carbocycles. The monoisotopic (exact) mass is 243 g/mol. The highest BCUT2D eigenvalue weighted by Crippen LogP contribution is 2.20. The van der Waals surface area contributed by atoms with Crippen LogP contribution in [-0.2, 0) is 9.53 Å². The molecule has 0 aromatic heterocycles. The average molecular weight is 243 g/mol. The van der Waals surface area contributed by atoms with Crippen LogP contribution < -0.4 is 5.32 Å². The number of carbonyl (C=O) groups is 2. The van der Waals surface area contributed by atoms with Crippen LogP contribution in [0.15, 0.2) is 0 Å². The van der Waals surface area contributed by atoms with E-state index >= 15 is 0 Å². The van der Waals surface area contributed by atoms with Crippen LogP contribution in [0.5, 0.6) is 0 Å². The van der Waals surface area contributed by atoms with E-state index in [0.29, 0.717) is 6.61 Å². The van der Waals surface area contributed by atoms with Gasteiger partial charge in [-0.05, 0) is 17.8 Å². The van der Waals surface area contributed by atoms with Gasteiger partial charge in [0, 0.05) is 0 Å². The Labute approximate surface area is 104 Å². The lowest BCUT2D eigenvalue weighted by atomic mass is 9.85. The summed E-state index contributed by atoms with van der Waals surface area (Å²) in [5.41, 5.74) is -0.391. The highest BCUT2D eigenvalue weighted by Gasteiger charge is 2.30. The first-order valence-corrected chi connectivity index (χ1v) is 5.87. The molecule has 0 rings (SSSR count). The van der Waals surface area contributed by atoms with Crippen molar-refractivity contribution in [3.63, 3.8) is 0 Å². The number of hydrogen-bond donors (Lipinski definition) is 1. The van der Waals surface area contributed by atoms with E-state index in [1.165, 1.54) is 6.92 Å². The van der Waals surface area contributed by atoms with Gasteiger partial charge in [-0.1, -0.05) is 41.5 Å². The third-order valence-corrected chi connectivity index (χ3v) is 2.17. The van der Waals surface area contributed by atoms with Crippen LogP contribution in [0.2, 0.25) is 0 Å². The first-order valence-electron chi connectivity index (χ1n) is 5.87. The molecule has 1 N–H and O–H groups in total. The number of alkyl carbamates (subject to hydrolysis) is 1. The zero-order valence-corrected chi connectivity index (χ0v) is 12.0. The molecule has 17 heavy (non-hydrogen) atoms. The van der Waals surface area contributed by atoms with Gasteiger partial charge >= 0.3 is 6.09 Å². The number of rotatable bonds is 3. The summed E-state index contributed by atoms with van der Waals surface area (Å²) in [7, 11) is 0. The normalized spacial score (nSPS) is 14.1. The number of carbonyl (C=O) groups excluding carboxylic acids is 2. The van der Waals surface area contributed by atoms with Crippen molar-refractivity contribution in [2.45, 2.75) is 54.5 Å². The molecule has 0 aliphatic carbocycles. The van der Waals surface area contributed by atoms with Gasteiger partial charge in [-0.25, -0.2) is 4.79 Å². The fraction of sp³-hybridized carbons (Fsp3) is 0.846. The first-order chi connectivity index (χ1) is 7.43. The summed E-state index contributed by atoms with van der Waals surface area (Å²) in [6.07, 6.45) is -0.532. The van der Waals surface area contributed by atoms with Crippen LogP contribution in [-0.4, -0.2) is 24.5 Å². The fourth-order valence-corrected chi connectivity index (χ4v) is 1.37. The van der Waals surface area contributed by atoms with E-state index in [1.54, 1.807) is 0 Å². The van der Waals surface area contributed by atoms with Crippen molar-refractivity contribution < 1.29 is 14.3 Å². The average Bonchev–Trinajstić information content (AvgIpc) is 2.07. The Morgan fingerprint density at radius 1 is 1.12 bits per heavy atom. The predicted octanol–water partition coefficient (Wildman–Crippen LogP) is 2.76. The molecule has 0 aromatic rings. The molecule has 0 unspecified atom stereocenters. The first kappa shape index (κ1) is 15.9. The van der Waals surface area contributed by atoms with E-state index in [0.717, 1.165) is 0 Å². The summed E-state index contributed by atoms with van der Waals surface area (Å²) in [6.45, 7) is 13.5. The van der Waals surface area contributed by atoms with E-state index in [9.17, 15) is 9.59 Å². The highest BCUT2D eigenvalue weighted by molar-refractivity contribution is 5.86. The number of ether oxygens (including phenoxy) is 1. The molecule has 1 amide bonds. The second-order valence-corrected chi connectivity index (χ2v) is 6.69. The second kappa shape index (κ2) is 5.52. The smallest absolute Gasteiger partial charge is 0.407 e. The molecule has 0 saturated carbocycles. The Hall–Kier alpha value is -1.06. The van der Waals surface area contributed by atoms with Crippen LogP contribution in [0.3, 0.4) is 0 Å². The van der Waals surface area contributed by atoms with Crippen LogP contribution >= 0.6 is 0 Å². The minimum absolute atomic E-state index is 0.0646. The molecule has 0 aliphatic heterocycles. The second-order valence-electron chi connectivity index (χ2n) is 6.69. The predicted molar refractivity (Wildman–Crippen MR) is 67.9 cm³/mol. The minimum atomic E-state index is -0.532. The van der Waals surface area contributed by atoms with Gasteiger partial charge in [0.2, 0.25) is 0 Å². The summed E-state index contributed by atoms with van der Waals surface area (Å²) in [4.78, 5) is 23.0. The highest BCUT2D eigenvalue weighted by atomic mass is 16.5. The van der Waals surface area contributed by atoms with E-state index in [1.807, 2.05) is 41.5 Å². The zero-order chi connectivity index (χ0) is 13.9. The molecule has 0 bridgehead atoms. The Balaban J connectivity index is 4.39. The topological polar surface area (TPSA) is 55.4 Å². The molecule has 100 valence electrons. The minimum Gasteiger partial charge on any atom is -0.449 e. The summed E-state index contributed by atoms with van der Waals surface area (Å²) in [5.74, 6) is -0.0646. The summed E-state index contributed by atoms with van der Waals surface area (Å²) in [5, 5.41) is 2.62. The largest absolute Gasteiger partial charge is 0.449 e. The van der Waals surface area contributed by atoms with Gasteiger partial charge in [0.15, 0.2) is 5.78 Å². The van der Waals surface area contributed by atoms with Gasteiger partial charge < -0.3 is 10.1 Å². The third kappa shape index (κ3) is 6.97. The summed E-state index contributed by atoms with van der Waals surface area (Å²) >= 11 is 0. The molecule has 0 heterocycles. The molecule has 1 atom stereocenters. The van der Waals surface area contributed by atoms with Crippen molar-refractivity contribution in [3.05, 3.63) is 0 Å². The number of amides is 1. The van der Waals surface area contributed by atoms with E-state index < -0.39 is 12.1 Å². The third-order valence-electron chi connectivity index (χ3n) is 2.17. The maximum atomic E-state index is 11.6. The molecule has 0 spiro atoms. The van der Waals surface area contributed by atoms with Crippen molar-refractivity contribution in [1.82, 2.24) is 5.32 Å². The number of Topliss-reactive ketones (excluding diaryl/α,β-unsaturated/α-hetero) is 1. The Bertz CT molecular complexity index is 284. The van der Waals surface area contributed by atoms with Crippen LogP contribution in [0.25, 0.3) is 0 Å². The Morgan fingerprint density at radius 3 is 1.88 bits per heavy atom. The molecular weight excluding hydrogens is 218 g/mol. The van der Waals surface area contributed by atoms with Crippen LogP contribution in [0.4, 0.5) is 4.79 Å². The number of hydrogen-bond acceptors (Lipinski definition) is 3. The van der Waals surface area contributed by atoms with E-state index in [2.05, 4.69) is 5.32 Å². The zero-order valence-electron chi connectivity index (χ0n) is 12.0. The molecule has 0 aliphatic rings. The van der Waals surface area contributed by atoms with Gasteiger partial charge in [-0.2, -0.15) is 0 Å². The lowest BCUT2D eigenvalue weighted by Crippen LogP contribution is -2.48. The van der Waals surface area contributed by atoms with Crippen molar-refractivity contribution >= 4 is 11.9 Å². The van der Waals surface area contributed by atoms with Crippen molar-refractivity contribution in [3.8, 4) is 0 Å².